The number of thiophene rings is 1. The fourth-order valence-corrected chi connectivity index (χ4v) is 4.77. The molecular weight excluding hydrogens is 356 g/mol. The molecule has 0 saturated carbocycles. The fraction of sp³-hybridized carbons (Fsp3) is 0.429. The molecule has 0 radical (unpaired) electrons. The highest BCUT2D eigenvalue weighted by Crippen LogP contribution is 2.36. The van der Waals surface area contributed by atoms with Gasteiger partial charge in [0.1, 0.15) is 16.5 Å². The second-order valence-electron chi connectivity index (χ2n) is 7.40. The van der Waals surface area contributed by atoms with Crippen LogP contribution in [0.3, 0.4) is 0 Å². The van der Waals surface area contributed by atoms with Crippen molar-refractivity contribution in [1.29, 1.82) is 0 Å². The highest BCUT2D eigenvalue weighted by molar-refractivity contribution is 7.21. The number of nitrogens with zero attached hydrogens (tertiary/aromatic N) is 3. The van der Waals surface area contributed by atoms with Gasteiger partial charge in [-0.3, -0.25) is 0 Å². The van der Waals surface area contributed by atoms with Gasteiger partial charge in [0.25, 0.3) is 0 Å². The van der Waals surface area contributed by atoms with Crippen LogP contribution < -0.4 is 5.32 Å². The molecule has 3 aromatic rings. The van der Waals surface area contributed by atoms with E-state index in [9.17, 15) is 0 Å². The zero-order valence-corrected chi connectivity index (χ0v) is 17.0. The van der Waals surface area contributed by atoms with Crippen LogP contribution >= 0.6 is 11.3 Å². The van der Waals surface area contributed by atoms with E-state index in [2.05, 4.69) is 59.6 Å². The number of nitrogens with one attached hydrogen (secondary N) is 1. The SMILES string of the molecule is Cc1nc(NCC2(N(C)C)CCOCC2)c2cc(-c3ccccc3)sc2n1. The molecule has 1 aliphatic heterocycles. The summed E-state index contributed by atoms with van der Waals surface area (Å²) >= 11 is 1.72. The summed E-state index contributed by atoms with van der Waals surface area (Å²) in [7, 11) is 4.32. The quantitative estimate of drug-likeness (QED) is 0.717. The Morgan fingerprint density at radius 1 is 1.15 bits per heavy atom. The number of aromatic nitrogens is 2. The highest BCUT2D eigenvalue weighted by Gasteiger charge is 2.34. The van der Waals surface area contributed by atoms with Crippen molar-refractivity contribution >= 4 is 27.4 Å². The van der Waals surface area contributed by atoms with Crippen LogP contribution in [0.25, 0.3) is 20.7 Å². The van der Waals surface area contributed by atoms with Crippen LogP contribution in [0, 0.1) is 6.92 Å². The number of aryl methyl sites for hydroxylation is 1. The van der Waals surface area contributed by atoms with Gasteiger partial charge in [-0.05, 0) is 45.5 Å². The van der Waals surface area contributed by atoms with Gasteiger partial charge < -0.3 is 15.0 Å². The summed E-state index contributed by atoms with van der Waals surface area (Å²) in [5.41, 5.74) is 1.32. The minimum absolute atomic E-state index is 0.0989. The lowest BCUT2D eigenvalue weighted by atomic mass is 9.88. The molecule has 0 aliphatic carbocycles. The van der Waals surface area contributed by atoms with Crippen molar-refractivity contribution in [3.8, 4) is 10.4 Å². The molecule has 0 spiro atoms. The van der Waals surface area contributed by atoms with Crippen LogP contribution in [0.4, 0.5) is 5.82 Å². The van der Waals surface area contributed by atoms with E-state index in [0.717, 1.165) is 54.5 Å². The van der Waals surface area contributed by atoms with Gasteiger partial charge in [-0.1, -0.05) is 30.3 Å². The van der Waals surface area contributed by atoms with Crippen LogP contribution in [0.1, 0.15) is 18.7 Å². The lowest BCUT2D eigenvalue weighted by Gasteiger charge is -2.43. The van der Waals surface area contributed by atoms with E-state index < -0.39 is 0 Å². The van der Waals surface area contributed by atoms with Gasteiger partial charge in [0.05, 0.1) is 5.39 Å². The molecule has 0 unspecified atom stereocenters. The van der Waals surface area contributed by atoms with Crippen molar-refractivity contribution in [1.82, 2.24) is 14.9 Å². The molecule has 0 atom stereocenters. The van der Waals surface area contributed by atoms with Crippen molar-refractivity contribution in [2.75, 3.05) is 39.2 Å². The number of fused-ring (bicyclic) bond motifs is 1. The molecule has 5 nitrogen and oxygen atoms in total. The van der Waals surface area contributed by atoms with Crippen molar-refractivity contribution in [3.63, 3.8) is 0 Å². The Kier molecular flexibility index (Phi) is 5.12. The number of hydrogen-bond donors (Lipinski definition) is 1. The Bertz CT molecular complexity index is 917. The van der Waals surface area contributed by atoms with E-state index in [1.165, 1.54) is 10.4 Å². The zero-order chi connectivity index (χ0) is 18.9. The summed E-state index contributed by atoms with van der Waals surface area (Å²) in [6, 6.07) is 12.7. The second-order valence-corrected chi connectivity index (χ2v) is 8.43. The average molecular weight is 383 g/mol. The third-order valence-corrected chi connectivity index (χ3v) is 6.60. The first kappa shape index (κ1) is 18.3. The zero-order valence-electron chi connectivity index (χ0n) is 16.2. The molecule has 2 aromatic heterocycles. The van der Waals surface area contributed by atoms with Crippen LogP contribution in [0.2, 0.25) is 0 Å². The van der Waals surface area contributed by atoms with Crippen molar-refractivity contribution < 1.29 is 4.74 Å². The number of rotatable bonds is 5. The molecule has 1 N–H and O–H groups in total. The van der Waals surface area contributed by atoms with Crippen molar-refractivity contribution in [3.05, 3.63) is 42.2 Å². The molecule has 27 heavy (non-hydrogen) atoms. The first-order valence-corrected chi connectivity index (χ1v) is 10.2. The van der Waals surface area contributed by atoms with E-state index >= 15 is 0 Å². The minimum Gasteiger partial charge on any atom is -0.381 e. The molecule has 1 saturated heterocycles. The molecule has 1 aliphatic rings. The number of anilines is 1. The molecular formula is C21H26N4OS. The topological polar surface area (TPSA) is 50.3 Å². The van der Waals surface area contributed by atoms with E-state index in [-0.39, 0.29) is 5.54 Å². The van der Waals surface area contributed by atoms with Crippen molar-refractivity contribution in [2.45, 2.75) is 25.3 Å². The molecule has 4 rings (SSSR count). The first-order valence-electron chi connectivity index (χ1n) is 9.40. The molecule has 0 bridgehead atoms. The maximum absolute atomic E-state index is 5.59. The lowest BCUT2D eigenvalue weighted by molar-refractivity contribution is -0.000652. The number of ether oxygens (including phenoxy) is 1. The molecule has 3 heterocycles. The van der Waals surface area contributed by atoms with Gasteiger partial charge in [0.15, 0.2) is 0 Å². The summed E-state index contributed by atoms with van der Waals surface area (Å²) < 4.78 is 5.59. The third kappa shape index (κ3) is 3.70. The molecule has 0 amide bonds. The van der Waals surface area contributed by atoms with Crippen LogP contribution in [-0.4, -0.2) is 54.3 Å². The molecule has 142 valence electrons. The summed E-state index contributed by atoms with van der Waals surface area (Å²) in [4.78, 5) is 14.0. The van der Waals surface area contributed by atoms with Gasteiger partial charge >= 0.3 is 0 Å². The summed E-state index contributed by atoms with van der Waals surface area (Å²) in [6.45, 7) is 4.44. The summed E-state index contributed by atoms with van der Waals surface area (Å²) in [5.74, 6) is 1.74. The van der Waals surface area contributed by atoms with E-state index in [0.29, 0.717) is 0 Å². The summed E-state index contributed by atoms with van der Waals surface area (Å²) in [5, 5.41) is 4.75. The maximum atomic E-state index is 5.59. The van der Waals surface area contributed by atoms with Crippen molar-refractivity contribution in [2.24, 2.45) is 0 Å². The molecule has 1 aromatic carbocycles. The Labute approximate surface area is 164 Å². The first-order chi connectivity index (χ1) is 13.1. The number of hydrogen-bond acceptors (Lipinski definition) is 6. The second kappa shape index (κ2) is 7.54. The van der Waals surface area contributed by atoms with Gasteiger partial charge in [-0.25, -0.2) is 9.97 Å². The van der Waals surface area contributed by atoms with Crippen LogP contribution in [0.15, 0.2) is 36.4 Å². The minimum atomic E-state index is 0.0989. The molecule has 1 fully saturated rings. The Morgan fingerprint density at radius 3 is 2.59 bits per heavy atom. The van der Waals surface area contributed by atoms with E-state index in [1.807, 2.05) is 13.0 Å². The number of benzene rings is 1. The van der Waals surface area contributed by atoms with E-state index in [4.69, 9.17) is 9.72 Å². The maximum Gasteiger partial charge on any atom is 0.138 e. The monoisotopic (exact) mass is 382 g/mol. The third-order valence-electron chi connectivity index (χ3n) is 5.52. The standard InChI is InChI=1S/C21H26N4OS/c1-15-23-19(22-14-21(25(2)3)9-11-26-12-10-21)17-13-18(27-20(17)24-15)16-7-5-4-6-8-16/h4-8,13H,9-12,14H2,1-3H3,(H,22,23,24). The van der Waals surface area contributed by atoms with E-state index in [1.54, 1.807) is 11.3 Å². The smallest absolute Gasteiger partial charge is 0.138 e. The summed E-state index contributed by atoms with van der Waals surface area (Å²) in [6.07, 6.45) is 2.05. The Balaban J connectivity index is 1.66. The Morgan fingerprint density at radius 2 is 1.89 bits per heavy atom. The average Bonchev–Trinajstić information content (AvgIpc) is 3.11. The van der Waals surface area contributed by atoms with Gasteiger partial charge in [-0.15, -0.1) is 11.3 Å². The predicted molar refractivity (Wildman–Crippen MR) is 113 cm³/mol. The predicted octanol–water partition coefficient (Wildman–Crippen LogP) is 4.19. The molecule has 6 heteroatoms. The Hall–Kier alpha value is -2.02. The fourth-order valence-electron chi connectivity index (χ4n) is 3.69. The number of likely N-dealkylation sites (N-methyl/N-ethyl adjacent to an activating group) is 1. The normalized spacial score (nSPS) is 16.7. The lowest BCUT2D eigenvalue weighted by Crippen LogP contribution is -2.53. The highest BCUT2D eigenvalue weighted by atomic mass is 32.1. The van der Waals surface area contributed by atoms with Gasteiger partial charge in [0, 0.05) is 30.2 Å². The van der Waals surface area contributed by atoms with Crippen LogP contribution in [0.5, 0.6) is 0 Å². The van der Waals surface area contributed by atoms with Gasteiger partial charge in [-0.2, -0.15) is 0 Å². The van der Waals surface area contributed by atoms with Gasteiger partial charge in [0.2, 0.25) is 0 Å². The largest absolute Gasteiger partial charge is 0.381 e. The van der Waals surface area contributed by atoms with Crippen LogP contribution in [-0.2, 0) is 4.74 Å².